The first-order valence-corrected chi connectivity index (χ1v) is 13.5. The highest BCUT2D eigenvalue weighted by Crippen LogP contribution is 2.43. The van der Waals surface area contributed by atoms with Crippen molar-refractivity contribution in [1.82, 2.24) is 9.80 Å². The van der Waals surface area contributed by atoms with Crippen molar-refractivity contribution < 1.29 is 24.2 Å². The first-order valence-electron chi connectivity index (χ1n) is 13.5. The second-order valence-corrected chi connectivity index (χ2v) is 10.3. The summed E-state index contributed by atoms with van der Waals surface area (Å²) in [6, 6.07) is 5.59. The quantitative estimate of drug-likeness (QED) is 0.391. The number of rotatable bonds is 14. The molecular weight excluding hydrogens is 444 g/mol. The summed E-state index contributed by atoms with van der Waals surface area (Å²) in [6.45, 7) is 11.2. The average Bonchev–Trinajstić information content (AvgIpc) is 3.46. The van der Waals surface area contributed by atoms with Crippen LogP contribution in [0.3, 0.4) is 0 Å². The molecular formula is C28H44N2O5. The van der Waals surface area contributed by atoms with Gasteiger partial charge >= 0.3 is 5.97 Å². The first kappa shape index (κ1) is 27.3. The largest absolute Gasteiger partial charge is 0.481 e. The molecule has 7 heteroatoms. The van der Waals surface area contributed by atoms with Crippen LogP contribution in [0.15, 0.2) is 18.2 Å². The fraction of sp³-hybridized carbons (Fsp3) is 0.714. The van der Waals surface area contributed by atoms with Crippen LogP contribution >= 0.6 is 0 Å². The van der Waals surface area contributed by atoms with Crippen LogP contribution in [0.5, 0.6) is 11.5 Å². The molecule has 7 nitrogen and oxygen atoms in total. The summed E-state index contributed by atoms with van der Waals surface area (Å²) in [7, 11) is 0. The van der Waals surface area contributed by atoms with Gasteiger partial charge in [0.2, 0.25) is 12.7 Å². The Morgan fingerprint density at radius 1 is 1.11 bits per heavy atom. The van der Waals surface area contributed by atoms with Crippen LogP contribution in [0.25, 0.3) is 0 Å². The zero-order valence-corrected chi connectivity index (χ0v) is 22.0. The second-order valence-electron chi connectivity index (χ2n) is 10.3. The van der Waals surface area contributed by atoms with Crippen LogP contribution in [0.2, 0.25) is 0 Å². The molecule has 0 radical (unpaired) electrons. The SMILES string of the molecule is CCCCN(CCCC)C(=O)CN1C[C@@H](c2ccc3c(c2)OCO3)[C@H](C(=O)O)[C@H]1CCC(C)CC. The minimum absolute atomic E-state index is 0.121. The molecule has 1 unspecified atom stereocenters. The number of fused-ring (bicyclic) bond motifs is 1. The number of hydrogen-bond donors (Lipinski definition) is 1. The van der Waals surface area contributed by atoms with Gasteiger partial charge in [0.15, 0.2) is 11.5 Å². The predicted molar refractivity (Wildman–Crippen MR) is 137 cm³/mol. The fourth-order valence-electron chi connectivity index (χ4n) is 5.33. The van der Waals surface area contributed by atoms with Gasteiger partial charge in [-0.1, -0.05) is 53.0 Å². The third-order valence-corrected chi connectivity index (χ3v) is 7.76. The molecule has 4 atom stereocenters. The van der Waals surface area contributed by atoms with Gasteiger partial charge < -0.3 is 19.5 Å². The molecule has 1 amide bonds. The van der Waals surface area contributed by atoms with E-state index in [0.717, 1.165) is 63.6 Å². The van der Waals surface area contributed by atoms with Crippen molar-refractivity contribution in [1.29, 1.82) is 0 Å². The smallest absolute Gasteiger partial charge is 0.308 e. The van der Waals surface area contributed by atoms with E-state index in [4.69, 9.17) is 9.47 Å². The van der Waals surface area contributed by atoms with Gasteiger partial charge in [0.05, 0.1) is 12.5 Å². The molecule has 0 aliphatic carbocycles. The van der Waals surface area contributed by atoms with Crippen LogP contribution in [-0.4, -0.2) is 65.8 Å². The maximum absolute atomic E-state index is 13.4. The number of benzene rings is 1. The third kappa shape index (κ3) is 6.90. The van der Waals surface area contributed by atoms with E-state index in [1.54, 1.807) is 0 Å². The van der Waals surface area contributed by atoms with Gasteiger partial charge in [0.25, 0.3) is 0 Å². The summed E-state index contributed by atoms with van der Waals surface area (Å²) in [5.41, 5.74) is 0.943. The molecule has 0 saturated carbocycles. The number of unbranched alkanes of at least 4 members (excludes halogenated alkanes) is 2. The molecule has 1 fully saturated rings. The van der Waals surface area contributed by atoms with Crippen LogP contribution in [0, 0.1) is 11.8 Å². The number of carbonyl (C=O) groups is 2. The van der Waals surface area contributed by atoms with E-state index in [-0.39, 0.29) is 31.2 Å². The number of carboxylic acid groups (broad SMARTS) is 1. The highest BCUT2D eigenvalue weighted by atomic mass is 16.7. The first-order chi connectivity index (χ1) is 16.9. The van der Waals surface area contributed by atoms with Crippen LogP contribution < -0.4 is 9.47 Å². The van der Waals surface area contributed by atoms with E-state index in [9.17, 15) is 14.7 Å². The Kier molecular flexibility index (Phi) is 10.3. The molecule has 35 heavy (non-hydrogen) atoms. The standard InChI is InChI=1S/C28H44N2O5/c1-5-8-14-29(15-9-6-2)26(31)18-30-17-22(21-11-13-24-25(16-21)35-19-34-24)27(28(32)33)23(30)12-10-20(4)7-3/h11,13,16,20,22-23,27H,5-10,12,14-15,17-19H2,1-4H3,(H,32,33)/t20?,22-,23+,27-/m0/s1. The Bertz CT molecular complexity index is 837. The van der Waals surface area contributed by atoms with Gasteiger partial charge in [-0.15, -0.1) is 0 Å². The number of likely N-dealkylation sites (tertiary alicyclic amines) is 1. The molecule has 1 aromatic carbocycles. The van der Waals surface area contributed by atoms with Gasteiger partial charge in [-0.25, -0.2) is 0 Å². The second kappa shape index (κ2) is 13.1. The van der Waals surface area contributed by atoms with Crippen molar-refractivity contribution in [2.45, 2.75) is 84.6 Å². The molecule has 3 rings (SSSR count). The number of nitrogens with zero attached hydrogens (tertiary/aromatic N) is 2. The van der Waals surface area contributed by atoms with Crippen molar-refractivity contribution >= 4 is 11.9 Å². The van der Waals surface area contributed by atoms with Gasteiger partial charge in [-0.2, -0.15) is 0 Å². The molecule has 1 saturated heterocycles. The van der Waals surface area contributed by atoms with Crippen molar-refractivity contribution in [2.24, 2.45) is 11.8 Å². The van der Waals surface area contributed by atoms with Crippen molar-refractivity contribution in [3.8, 4) is 11.5 Å². The summed E-state index contributed by atoms with van der Waals surface area (Å²) in [5.74, 6) is 0.464. The molecule has 1 aromatic rings. The number of aliphatic carboxylic acids is 1. The minimum atomic E-state index is -0.786. The normalized spacial score (nSPS) is 22.3. The Hall–Kier alpha value is -2.28. The Labute approximate surface area is 210 Å². The van der Waals surface area contributed by atoms with Gasteiger partial charge in [-0.05, 0) is 49.3 Å². The number of amides is 1. The Morgan fingerprint density at radius 2 is 1.80 bits per heavy atom. The van der Waals surface area contributed by atoms with Crippen molar-refractivity contribution in [2.75, 3.05) is 33.0 Å². The van der Waals surface area contributed by atoms with E-state index >= 15 is 0 Å². The van der Waals surface area contributed by atoms with E-state index in [1.165, 1.54) is 0 Å². The maximum Gasteiger partial charge on any atom is 0.308 e. The lowest BCUT2D eigenvalue weighted by atomic mass is 9.83. The number of ether oxygens (including phenoxy) is 2. The number of hydrogen-bond acceptors (Lipinski definition) is 5. The van der Waals surface area contributed by atoms with E-state index in [2.05, 4.69) is 32.6 Å². The van der Waals surface area contributed by atoms with Crippen molar-refractivity contribution in [3.05, 3.63) is 23.8 Å². The molecule has 0 bridgehead atoms. The molecule has 1 N–H and O–H groups in total. The van der Waals surface area contributed by atoms with Crippen LogP contribution in [0.1, 0.15) is 84.1 Å². The maximum atomic E-state index is 13.4. The summed E-state index contributed by atoms with van der Waals surface area (Å²) in [4.78, 5) is 30.2. The van der Waals surface area contributed by atoms with Gasteiger partial charge in [-0.3, -0.25) is 14.5 Å². The summed E-state index contributed by atoms with van der Waals surface area (Å²) < 4.78 is 11.0. The molecule has 2 aliphatic heterocycles. The monoisotopic (exact) mass is 488 g/mol. The topological polar surface area (TPSA) is 79.3 Å². The zero-order chi connectivity index (χ0) is 25.4. The predicted octanol–water partition coefficient (Wildman–Crippen LogP) is 5.14. The Morgan fingerprint density at radius 3 is 2.43 bits per heavy atom. The summed E-state index contributed by atoms with van der Waals surface area (Å²) in [5, 5.41) is 10.3. The van der Waals surface area contributed by atoms with Crippen molar-refractivity contribution in [3.63, 3.8) is 0 Å². The van der Waals surface area contributed by atoms with Gasteiger partial charge in [0.1, 0.15) is 0 Å². The van der Waals surface area contributed by atoms with E-state index < -0.39 is 11.9 Å². The molecule has 2 aliphatic rings. The number of carboxylic acids is 1. The molecule has 2 heterocycles. The summed E-state index contributed by atoms with van der Waals surface area (Å²) >= 11 is 0. The molecule has 0 aromatic heterocycles. The van der Waals surface area contributed by atoms with Crippen LogP contribution in [0.4, 0.5) is 0 Å². The highest BCUT2D eigenvalue weighted by Gasteiger charge is 2.47. The van der Waals surface area contributed by atoms with Crippen LogP contribution in [-0.2, 0) is 9.59 Å². The lowest BCUT2D eigenvalue weighted by Crippen LogP contribution is -2.44. The van der Waals surface area contributed by atoms with E-state index in [1.807, 2.05) is 23.1 Å². The fourth-order valence-corrected chi connectivity index (χ4v) is 5.33. The lowest BCUT2D eigenvalue weighted by Gasteiger charge is -2.30. The molecule has 0 spiro atoms. The minimum Gasteiger partial charge on any atom is -0.481 e. The third-order valence-electron chi connectivity index (χ3n) is 7.76. The summed E-state index contributed by atoms with van der Waals surface area (Å²) in [6.07, 6.45) is 6.88. The molecule has 196 valence electrons. The highest BCUT2D eigenvalue weighted by molar-refractivity contribution is 5.79. The average molecular weight is 489 g/mol. The van der Waals surface area contributed by atoms with E-state index in [0.29, 0.717) is 24.0 Å². The lowest BCUT2D eigenvalue weighted by molar-refractivity contribution is -0.144. The zero-order valence-electron chi connectivity index (χ0n) is 22.0. The Balaban J connectivity index is 1.85. The number of carbonyl (C=O) groups excluding carboxylic acids is 1. The van der Waals surface area contributed by atoms with Gasteiger partial charge in [0, 0.05) is 31.6 Å².